The van der Waals surface area contributed by atoms with Gasteiger partial charge in [-0.3, -0.25) is 14.4 Å². The Kier molecular flexibility index (Phi) is 15.1. The number of dihydropyridines is 1. The molecule has 0 amide bonds. The number of methoxy groups -OCH3 is 1. The highest BCUT2D eigenvalue weighted by atomic mass is 16.5. The number of Topliss-reactive ketones (excluding diaryl/α,β-unsaturated/α-hetero) is 2. The van der Waals surface area contributed by atoms with Crippen LogP contribution in [-0.4, -0.2) is 68.7 Å². The summed E-state index contributed by atoms with van der Waals surface area (Å²) < 4.78 is 20.1. The van der Waals surface area contributed by atoms with Crippen LogP contribution >= 0.6 is 0 Å². The van der Waals surface area contributed by atoms with Gasteiger partial charge < -0.3 is 49.3 Å². The van der Waals surface area contributed by atoms with Gasteiger partial charge in [0.25, 0.3) is 0 Å². The van der Waals surface area contributed by atoms with Crippen LogP contribution in [0.1, 0.15) is 92.7 Å². The highest BCUT2D eigenvalue weighted by Crippen LogP contribution is 2.45. The zero-order valence-corrected chi connectivity index (χ0v) is 41.8. The Morgan fingerprint density at radius 2 is 1.66 bits per heavy atom. The van der Waals surface area contributed by atoms with E-state index < -0.39 is 18.1 Å². The SMILES string of the molecule is COc1cc(C2CC(=O)CC(OC(C)=O)CCC3(C=CC=CC3C)Cc3c[nH]cc3CC(c3cccc(O)c3)C3=CCNC(=C3)N(CCC(C)=O)c3ccc(CO)c4cn2cc34)ccc1Oc1cccc(O)c1. The molecular formula is C60H64N4O9. The number of phenolic OH excluding ortho intramolecular Hbond substituents is 2. The van der Waals surface area contributed by atoms with Gasteiger partial charge in [0.15, 0.2) is 11.5 Å². The van der Waals surface area contributed by atoms with Crippen molar-refractivity contribution in [1.29, 1.82) is 0 Å². The third kappa shape index (κ3) is 11.3. The van der Waals surface area contributed by atoms with E-state index in [2.05, 4.69) is 77.0 Å². The minimum atomic E-state index is -0.700. The standard InChI is InChI=1S/C60H64N4O9/c1-38-9-5-6-21-60(38)22-18-51(72-40(3)67)30-49(70)31-56(43-15-17-57(58(27-43)71-4)73-50-13-8-12-48(69)29-50)63-35-53-44(37-65)14-16-55(54(53)36-63)64(24-20-39(2)66)59-28-42(19-23-62-59)52(41-10-7-11-47(68)25-41)26-45-33-61-34-46(45)32-60/h5-17,19,21,25,27-29,33-36,38,51-52,56,61-62,65,68-69H,18,20,22-24,26,30-32,37H2,1-4H3. The monoisotopic (exact) mass is 984 g/mol. The predicted molar refractivity (Wildman–Crippen MR) is 282 cm³/mol. The van der Waals surface area contributed by atoms with Crippen LogP contribution in [0.2, 0.25) is 0 Å². The fourth-order valence-electron chi connectivity index (χ4n) is 10.9. The molecule has 0 radical (unpaired) electrons. The Morgan fingerprint density at radius 1 is 0.863 bits per heavy atom. The minimum absolute atomic E-state index is 0.0146. The summed E-state index contributed by atoms with van der Waals surface area (Å²) in [6.45, 7) is 5.79. The number of benzene rings is 4. The minimum Gasteiger partial charge on any atom is -0.508 e. The first kappa shape index (κ1) is 50.2. The first-order chi connectivity index (χ1) is 35.3. The fourth-order valence-corrected chi connectivity index (χ4v) is 10.9. The van der Waals surface area contributed by atoms with Gasteiger partial charge in [-0.1, -0.05) is 67.6 Å². The number of carbonyl (C=O) groups is 3. The van der Waals surface area contributed by atoms with Crippen molar-refractivity contribution in [2.75, 3.05) is 25.1 Å². The van der Waals surface area contributed by atoms with Crippen molar-refractivity contribution in [2.45, 2.75) is 90.4 Å². The van der Waals surface area contributed by atoms with Gasteiger partial charge in [-0.05, 0) is 126 Å². The molecule has 73 heavy (non-hydrogen) atoms. The van der Waals surface area contributed by atoms with Crippen LogP contribution in [0, 0.1) is 11.3 Å². The molecule has 4 aromatic carbocycles. The Labute approximate surface area is 426 Å². The number of rotatable bonds is 10. The fraction of sp³-hybridized carbons (Fsp3) is 0.317. The second-order valence-corrected chi connectivity index (χ2v) is 19.7. The molecule has 4 bridgehead atoms. The number of nitrogens with one attached hydrogen (secondary N) is 2. The molecule has 13 nitrogen and oxygen atoms in total. The third-order valence-corrected chi connectivity index (χ3v) is 14.8. The van der Waals surface area contributed by atoms with Crippen molar-refractivity contribution in [3.63, 3.8) is 0 Å². The molecule has 6 aromatic rings. The van der Waals surface area contributed by atoms with Crippen LogP contribution in [0.3, 0.4) is 0 Å². The molecule has 0 saturated heterocycles. The summed E-state index contributed by atoms with van der Waals surface area (Å²) in [6.07, 6.45) is 23.0. The van der Waals surface area contributed by atoms with Crippen LogP contribution in [-0.2, 0) is 38.6 Å². The van der Waals surface area contributed by atoms with E-state index in [0.29, 0.717) is 61.6 Å². The average molecular weight is 985 g/mol. The number of carbonyl (C=O) groups excluding carboxylic acids is 3. The topological polar surface area (TPSA) is 176 Å². The largest absolute Gasteiger partial charge is 0.508 e. The molecule has 2 aliphatic heterocycles. The number of H-pyrrole nitrogens is 1. The number of aliphatic hydroxyl groups is 1. The van der Waals surface area contributed by atoms with Crippen LogP contribution in [0.15, 0.2) is 152 Å². The number of fused-ring (bicyclic) bond motifs is 3. The molecule has 1 spiro atoms. The number of ketones is 2. The summed E-state index contributed by atoms with van der Waals surface area (Å²) >= 11 is 0. The molecule has 5 N–H and O–H groups in total. The van der Waals surface area contributed by atoms with Gasteiger partial charge in [0, 0.05) is 86.8 Å². The lowest BCUT2D eigenvalue weighted by Crippen LogP contribution is -2.35. The van der Waals surface area contributed by atoms with Crippen molar-refractivity contribution in [1.82, 2.24) is 14.9 Å². The quantitative estimate of drug-likeness (QED) is 0.0826. The summed E-state index contributed by atoms with van der Waals surface area (Å²) in [5.41, 5.74) is 6.11. The maximum absolute atomic E-state index is 14.8. The van der Waals surface area contributed by atoms with E-state index >= 15 is 0 Å². The maximum Gasteiger partial charge on any atom is 0.302 e. The Balaban J connectivity index is 1.22. The van der Waals surface area contributed by atoms with Crippen molar-refractivity contribution < 1.29 is 43.9 Å². The van der Waals surface area contributed by atoms with Crippen molar-refractivity contribution in [3.05, 3.63) is 179 Å². The lowest BCUT2D eigenvalue weighted by molar-refractivity contribution is -0.148. The predicted octanol–water partition coefficient (Wildman–Crippen LogP) is 10.8. The third-order valence-electron chi connectivity index (χ3n) is 14.8. The molecule has 13 heteroatoms. The van der Waals surface area contributed by atoms with Gasteiger partial charge in [0.05, 0.1) is 25.4 Å². The lowest BCUT2D eigenvalue weighted by Gasteiger charge is -2.38. The number of nitrogens with zero attached hydrogens (tertiary/aromatic N) is 2. The number of aromatic nitrogens is 2. The number of allylic oxidation sites excluding steroid dienone is 6. The second kappa shape index (κ2) is 21.9. The number of aromatic amines is 1. The number of esters is 1. The number of aliphatic hydroxyl groups excluding tert-OH is 1. The molecule has 4 heterocycles. The first-order valence-corrected chi connectivity index (χ1v) is 25.1. The average Bonchev–Trinajstić information content (AvgIpc) is 4.02. The first-order valence-electron chi connectivity index (χ1n) is 25.1. The number of phenols is 2. The van der Waals surface area contributed by atoms with E-state index in [1.54, 1.807) is 44.4 Å². The van der Waals surface area contributed by atoms with Crippen molar-refractivity contribution >= 4 is 34.0 Å². The molecule has 378 valence electrons. The number of ether oxygens (including phenoxy) is 3. The summed E-state index contributed by atoms with van der Waals surface area (Å²) in [5.74, 6) is 1.62. The molecular weight excluding hydrogens is 921 g/mol. The smallest absolute Gasteiger partial charge is 0.302 e. The van der Waals surface area contributed by atoms with E-state index in [4.69, 9.17) is 14.2 Å². The summed E-state index contributed by atoms with van der Waals surface area (Å²) in [7, 11) is 1.54. The van der Waals surface area contributed by atoms with Crippen LogP contribution < -0.4 is 19.7 Å². The van der Waals surface area contributed by atoms with Crippen LogP contribution in [0.5, 0.6) is 28.7 Å². The van der Waals surface area contributed by atoms with E-state index in [0.717, 1.165) is 50.1 Å². The molecule has 0 fully saturated rings. The summed E-state index contributed by atoms with van der Waals surface area (Å²) in [4.78, 5) is 46.1. The zero-order valence-electron chi connectivity index (χ0n) is 41.8. The normalized spacial score (nSPS) is 21.4. The van der Waals surface area contributed by atoms with Gasteiger partial charge in [0.2, 0.25) is 0 Å². The van der Waals surface area contributed by atoms with Gasteiger partial charge in [-0.2, -0.15) is 0 Å². The molecule has 5 atom stereocenters. The number of hydrogen-bond donors (Lipinski definition) is 5. The summed E-state index contributed by atoms with van der Waals surface area (Å²) in [5, 5.41) is 37.1. The molecule has 1 aliphatic carbocycles. The maximum atomic E-state index is 14.8. The molecule has 2 aromatic heterocycles. The number of aromatic hydroxyl groups is 2. The summed E-state index contributed by atoms with van der Waals surface area (Å²) in [6, 6.07) is 22.7. The Bertz CT molecular complexity index is 3140. The van der Waals surface area contributed by atoms with Gasteiger partial charge in [0.1, 0.15) is 40.7 Å². The van der Waals surface area contributed by atoms with Crippen LogP contribution in [0.4, 0.5) is 5.69 Å². The lowest BCUT2D eigenvalue weighted by atomic mass is 9.66. The Hall–Kier alpha value is -7.77. The molecule has 0 saturated carbocycles. The van der Waals surface area contributed by atoms with Crippen molar-refractivity contribution in [3.8, 4) is 28.7 Å². The molecule has 9 rings (SSSR count). The van der Waals surface area contributed by atoms with Gasteiger partial charge in [-0.25, -0.2) is 0 Å². The molecule has 3 aliphatic rings. The number of anilines is 1. The number of hydrogen-bond acceptors (Lipinski definition) is 11. The highest BCUT2D eigenvalue weighted by molar-refractivity contribution is 5.97. The molecule has 5 unspecified atom stereocenters. The second-order valence-electron chi connectivity index (χ2n) is 19.7. The van der Waals surface area contributed by atoms with E-state index in [-0.39, 0.29) is 66.2 Å². The van der Waals surface area contributed by atoms with Gasteiger partial charge >= 0.3 is 5.97 Å². The zero-order chi connectivity index (χ0) is 51.2. The van der Waals surface area contributed by atoms with Crippen molar-refractivity contribution in [2.24, 2.45) is 11.3 Å². The van der Waals surface area contributed by atoms with Gasteiger partial charge in [-0.15, -0.1) is 0 Å². The van der Waals surface area contributed by atoms with E-state index in [9.17, 15) is 29.7 Å². The van der Waals surface area contributed by atoms with Crippen LogP contribution in [0.25, 0.3) is 10.8 Å². The highest BCUT2D eigenvalue weighted by Gasteiger charge is 2.37. The van der Waals surface area contributed by atoms with E-state index in [1.807, 2.05) is 53.4 Å². The van der Waals surface area contributed by atoms with E-state index in [1.165, 1.54) is 13.0 Å². The Morgan fingerprint density at radius 3 is 2.41 bits per heavy atom.